The van der Waals surface area contributed by atoms with Gasteiger partial charge in [0.15, 0.2) is 0 Å². The molecule has 2 aromatic heterocycles. The number of hydrogen-bond donors (Lipinski definition) is 0. The van der Waals surface area contributed by atoms with E-state index in [1.165, 1.54) is 18.2 Å². The predicted molar refractivity (Wildman–Crippen MR) is 83.2 cm³/mol. The van der Waals surface area contributed by atoms with Crippen molar-refractivity contribution in [1.29, 1.82) is 0 Å². The molecular formula is C18H16N2O. The lowest BCUT2D eigenvalue weighted by Gasteiger charge is -2.11. The molecule has 0 N–H and O–H groups in total. The summed E-state index contributed by atoms with van der Waals surface area (Å²) in [6.07, 6.45) is 8.11. The average Bonchev–Trinajstić information content (AvgIpc) is 3.37. The third-order valence-electron chi connectivity index (χ3n) is 3.88. The molecule has 0 unspecified atom stereocenters. The SMILES string of the molecule is c1cnc(OCC2CC2)c(-c2cncc3ccccc23)c1. The Morgan fingerprint density at radius 3 is 2.81 bits per heavy atom. The van der Waals surface area contributed by atoms with Crippen molar-refractivity contribution in [3.05, 3.63) is 55.0 Å². The van der Waals surface area contributed by atoms with Crippen molar-refractivity contribution < 1.29 is 4.74 Å². The quantitative estimate of drug-likeness (QED) is 0.720. The van der Waals surface area contributed by atoms with E-state index >= 15 is 0 Å². The summed E-state index contributed by atoms with van der Waals surface area (Å²) in [6.45, 7) is 0.766. The van der Waals surface area contributed by atoms with E-state index in [-0.39, 0.29) is 0 Å². The Morgan fingerprint density at radius 1 is 1.00 bits per heavy atom. The van der Waals surface area contributed by atoms with Crippen LogP contribution in [0.25, 0.3) is 21.9 Å². The van der Waals surface area contributed by atoms with Crippen molar-refractivity contribution in [3.63, 3.8) is 0 Å². The molecule has 3 aromatic rings. The molecule has 1 fully saturated rings. The fraction of sp³-hybridized carbons (Fsp3) is 0.222. The Hall–Kier alpha value is -2.42. The number of aromatic nitrogens is 2. The molecule has 1 aliphatic carbocycles. The Balaban J connectivity index is 1.80. The fourth-order valence-corrected chi connectivity index (χ4v) is 2.52. The number of fused-ring (bicyclic) bond motifs is 1. The molecule has 1 aliphatic rings. The van der Waals surface area contributed by atoms with E-state index in [1.807, 2.05) is 30.6 Å². The third kappa shape index (κ3) is 2.47. The topological polar surface area (TPSA) is 35.0 Å². The van der Waals surface area contributed by atoms with Crippen LogP contribution >= 0.6 is 0 Å². The van der Waals surface area contributed by atoms with E-state index in [4.69, 9.17) is 4.74 Å². The van der Waals surface area contributed by atoms with Gasteiger partial charge in [-0.05, 0) is 36.3 Å². The summed E-state index contributed by atoms with van der Waals surface area (Å²) < 4.78 is 5.93. The highest BCUT2D eigenvalue weighted by Gasteiger charge is 2.23. The summed E-state index contributed by atoms with van der Waals surface area (Å²) in [4.78, 5) is 8.77. The normalized spacial score (nSPS) is 14.3. The summed E-state index contributed by atoms with van der Waals surface area (Å²) >= 11 is 0. The zero-order valence-corrected chi connectivity index (χ0v) is 11.7. The summed E-state index contributed by atoms with van der Waals surface area (Å²) in [7, 11) is 0. The molecule has 0 bridgehead atoms. The molecule has 1 saturated carbocycles. The van der Waals surface area contributed by atoms with Crippen LogP contribution in [0.4, 0.5) is 0 Å². The first-order valence-corrected chi connectivity index (χ1v) is 7.33. The predicted octanol–water partition coefficient (Wildman–Crippen LogP) is 4.09. The third-order valence-corrected chi connectivity index (χ3v) is 3.88. The Labute approximate surface area is 123 Å². The molecule has 0 spiro atoms. The van der Waals surface area contributed by atoms with Crippen LogP contribution in [0.5, 0.6) is 5.88 Å². The van der Waals surface area contributed by atoms with Gasteiger partial charge in [-0.2, -0.15) is 0 Å². The highest BCUT2D eigenvalue weighted by atomic mass is 16.5. The molecule has 104 valence electrons. The van der Waals surface area contributed by atoms with Gasteiger partial charge in [-0.25, -0.2) is 4.98 Å². The van der Waals surface area contributed by atoms with Gasteiger partial charge in [-0.3, -0.25) is 4.98 Å². The van der Waals surface area contributed by atoms with Crippen LogP contribution in [0.3, 0.4) is 0 Å². The average molecular weight is 276 g/mol. The number of pyridine rings is 2. The molecule has 3 heteroatoms. The van der Waals surface area contributed by atoms with E-state index in [2.05, 4.69) is 28.2 Å². The van der Waals surface area contributed by atoms with Crippen molar-refractivity contribution >= 4 is 10.8 Å². The standard InChI is InChI=1S/C18H16N2O/c1-2-5-15-14(4-1)10-19-11-17(15)16-6-3-9-20-18(16)21-12-13-7-8-13/h1-6,9-11,13H,7-8,12H2. The zero-order chi connectivity index (χ0) is 14.1. The van der Waals surface area contributed by atoms with Gasteiger partial charge in [-0.15, -0.1) is 0 Å². The Bertz CT molecular complexity index is 776. The largest absolute Gasteiger partial charge is 0.477 e. The number of ether oxygens (including phenoxy) is 1. The molecular weight excluding hydrogens is 260 g/mol. The first-order chi connectivity index (χ1) is 10.4. The van der Waals surface area contributed by atoms with Crippen molar-refractivity contribution in [1.82, 2.24) is 9.97 Å². The van der Waals surface area contributed by atoms with Gasteiger partial charge in [0.1, 0.15) is 0 Å². The lowest BCUT2D eigenvalue weighted by atomic mass is 10.0. The molecule has 2 heterocycles. The van der Waals surface area contributed by atoms with Crippen molar-refractivity contribution in [3.8, 4) is 17.0 Å². The van der Waals surface area contributed by atoms with E-state index in [9.17, 15) is 0 Å². The van der Waals surface area contributed by atoms with Crippen molar-refractivity contribution in [2.45, 2.75) is 12.8 Å². The fourth-order valence-electron chi connectivity index (χ4n) is 2.52. The summed E-state index contributed by atoms with van der Waals surface area (Å²) in [5.41, 5.74) is 2.09. The van der Waals surface area contributed by atoms with Gasteiger partial charge < -0.3 is 4.74 Å². The maximum Gasteiger partial charge on any atom is 0.221 e. The molecule has 0 atom stereocenters. The second-order valence-electron chi connectivity index (χ2n) is 5.52. The van der Waals surface area contributed by atoms with Crippen LogP contribution in [0.15, 0.2) is 55.0 Å². The summed E-state index contributed by atoms with van der Waals surface area (Å²) in [5.74, 6) is 1.42. The molecule has 21 heavy (non-hydrogen) atoms. The van der Waals surface area contributed by atoms with Crippen LogP contribution in [0.2, 0.25) is 0 Å². The van der Waals surface area contributed by atoms with Crippen LogP contribution in [-0.2, 0) is 0 Å². The molecule has 1 aromatic carbocycles. The monoisotopic (exact) mass is 276 g/mol. The molecule has 0 radical (unpaired) electrons. The van der Waals surface area contributed by atoms with E-state index in [1.54, 1.807) is 6.20 Å². The minimum Gasteiger partial charge on any atom is -0.477 e. The maximum atomic E-state index is 5.93. The van der Waals surface area contributed by atoms with Crippen molar-refractivity contribution in [2.24, 2.45) is 5.92 Å². The van der Waals surface area contributed by atoms with Gasteiger partial charge in [-0.1, -0.05) is 24.3 Å². The highest BCUT2D eigenvalue weighted by Crippen LogP contribution is 2.35. The molecule has 0 saturated heterocycles. The minimum atomic E-state index is 0.711. The molecule has 0 aliphatic heterocycles. The van der Waals surface area contributed by atoms with Gasteiger partial charge in [0.05, 0.1) is 6.61 Å². The summed E-state index contributed by atoms with van der Waals surface area (Å²) in [6, 6.07) is 12.3. The van der Waals surface area contributed by atoms with Crippen LogP contribution < -0.4 is 4.74 Å². The van der Waals surface area contributed by atoms with E-state index in [0.29, 0.717) is 11.8 Å². The highest BCUT2D eigenvalue weighted by molar-refractivity contribution is 5.96. The zero-order valence-electron chi connectivity index (χ0n) is 11.7. The first kappa shape index (κ1) is 12.3. The maximum absolute atomic E-state index is 5.93. The molecule has 4 rings (SSSR count). The smallest absolute Gasteiger partial charge is 0.221 e. The number of hydrogen-bond acceptors (Lipinski definition) is 3. The molecule has 3 nitrogen and oxygen atoms in total. The molecule has 0 amide bonds. The minimum absolute atomic E-state index is 0.711. The Morgan fingerprint density at radius 2 is 1.90 bits per heavy atom. The number of rotatable bonds is 4. The van der Waals surface area contributed by atoms with Crippen LogP contribution in [0, 0.1) is 5.92 Å². The van der Waals surface area contributed by atoms with Crippen LogP contribution in [-0.4, -0.2) is 16.6 Å². The number of benzene rings is 1. The van der Waals surface area contributed by atoms with Gasteiger partial charge in [0.2, 0.25) is 5.88 Å². The second-order valence-corrected chi connectivity index (χ2v) is 5.52. The van der Waals surface area contributed by atoms with Crippen molar-refractivity contribution in [2.75, 3.05) is 6.61 Å². The van der Waals surface area contributed by atoms with E-state index in [0.717, 1.165) is 23.1 Å². The lowest BCUT2D eigenvalue weighted by molar-refractivity contribution is 0.290. The van der Waals surface area contributed by atoms with Gasteiger partial charge in [0, 0.05) is 35.1 Å². The van der Waals surface area contributed by atoms with Gasteiger partial charge >= 0.3 is 0 Å². The lowest BCUT2D eigenvalue weighted by Crippen LogP contribution is -2.02. The Kier molecular flexibility index (Phi) is 3.03. The first-order valence-electron chi connectivity index (χ1n) is 7.33. The number of nitrogens with zero attached hydrogens (tertiary/aromatic N) is 2. The van der Waals surface area contributed by atoms with Gasteiger partial charge in [0.25, 0.3) is 0 Å². The second kappa shape index (κ2) is 5.17. The summed E-state index contributed by atoms with van der Waals surface area (Å²) in [5, 5.41) is 2.31. The van der Waals surface area contributed by atoms with E-state index < -0.39 is 0 Å². The van der Waals surface area contributed by atoms with Crippen LogP contribution in [0.1, 0.15) is 12.8 Å².